The van der Waals surface area contributed by atoms with E-state index in [1.54, 1.807) is 13.8 Å². The fourth-order valence-electron chi connectivity index (χ4n) is 2.38. The molecule has 1 aromatic carbocycles. The zero-order chi connectivity index (χ0) is 14.3. The monoisotopic (exact) mass is 281 g/mol. The molecular weight excluding hydrogens is 258 g/mol. The number of nitrogens with two attached hydrogens (primary N) is 1. The third-order valence-corrected chi connectivity index (χ3v) is 6.72. The number of hydrogen-bond donors (Lipinski definition) is 1. The normalized spacial score (nSPS) is 18.9. The predicted octanol–water partition coefficient (Wildman–Crippen LogP) is 2.78. The van der Waals surface area contributed by atoms with Gasteiger partial charge >= 0.3 is 0 Å². The lowest BCUT2D eigenvalue weighted by Crippen LogP contribution is -2.42. The van der Waals surface area contributed by atoms with Gasteiger partial charge in [0, 0.05) is 12.3 Å². The zero-order valence-corrected chi connectivity index (χ0v) is 12.7. The summed E-state index contributed by atoms with van der Waals surface area (Å²) >= 11 is 0. The topological polar surface area (TPSA) is 60.2 Å². The van der Waals surface area contributed by atoms with Crippen LogP contribution < -0.4 is 5.73 Å². The first-order valence-corrected chi connectivity index (χ1v) is 8.67. The summed E-state index contributed by atoms with van der Waals surface area (Å²) < 4.78 is 22.8. The maximum atomic E-state index is 11.9. The molecule has 1 atom stereocenters. The van der Waals surface area contributed by atoms with Crippen molar-refractivity contribution < 1.29 is 8.42 Å². The van der Waals surface area contributed by atoms with Gasteiger partial charge in [0.05, 0.1) is 4.75 Å². The van der Waals surface area contributed by atoms with E-state index in [-0.39, 0.29) is 0 Å². The fraction of sp³-hybridized carbons (Fsp3) is 0.600. The van der Waals surface area contributed by atoms with Gasteiger partial charge in [-0.05, 0) is 43.7 Å². The average molecular weight is 281 g/mol. The molecule has 0 saturated heterocycles. The quantitative estimate of drug-likeness (QED) is 0.923. The molecule has 1 aliphatic carbocycles. The van der Waals surface area contributed by atoms with Crippen molar-refractivity contribution in [1.29, 1.82) is 0 Å². The summed E-state index contributed by atoms with van der Waals surface area (Å²) in [7, 11) is -3.20. The molecule has 0 bridgehead atoms. The minimum absolute atomic E-state index is 0.498. The van der Waals surface area contributed by atoms with Crippen LogP contribution in [-0.4, -0.2) is 19.4 Å². The standard InChI is InChI=1S/C15H23NO2S/c1-15(2,19(3,17)18)14(16)13-9-5-8-12(10-13)11-6-4-7-11/h5,8-11,14H,4,6-7,16H2,1-3H3. The van der Waals surface area contributed by atoms with Crippen LogP contribution in [0.4, 0.5) is 0 Å². The molecule has 0 aliphatic heterocycles. The molecule has 0 radical (unpaired) electrons. The summed E-state index contributed by atoms with van der Waals surface area (Å²) in [4.78, 5) is 0. The Hall–Kier alpha value is -0.870. The molecule has 1 saturated carbocycles. The van der Waals surface area contributed by atoms with Gasteiger partial charge in [0.2, 0.25) is 0 Å². The Labute approximate surface area is 116 Å². The van der Waals surface area contributed by atoms with Gasteiger partial charge < -0.3 is 5.73 Å². The third kappa shape index (κ3) is 2.70. The molecule has 0 heterocycles. The van der Waals surface area contributed by atoms with E-state index < -0.39 is 20.6 Å². The molecule has 3 nitrogen and oxygen atoms in total. The predicted molar refractivity (Wildman–Crippen MR) is 78.9 cm³/mol. The fourth-order valence-corrected chi connectivity index (χ4v) is 2.98. The van der Waals surface area contributed by atoms with Gasteiger partial charge in [-0.25, -0.2) is 8.42 Å². The average Bonchev–Trinajstić information content (AvgIpc) is 2.24. The summed E-state index contributed by atoms with van der Waals surface area (Å²) in [6.45, 7) is 3.39. The molecule has 1 aliphatic rings. The van der Waals surface area contributed by atoms with Crippen molar-refractivity contribution in [3.05, 3.63) is 35.4 Å². The maximum Gasteiger partial charge on any atom is 0.154 e. The Morgan fingerprint density at radius 3 is 2.42 bits per heavy atom. The van der Waals surface area contributed by atoms with Crippen molar-refractivity contribution in [2.45, 2.75) is 49.8 Å². The van der Waals surface area contributed by atoms with Gasteiger partial charge in [-0.15, -0.1) is 0 Å². The van der Waals surface area contributed by atoms with Crippen molar-refractivity contribution in [3.63, 3.8) is 0 Å². The van der Waals surface area contributed by atoms with Gasteiger partial charge in [0.25, 0.3) is 0 Å². The molecule has 1 unspecified atom stereocenters. The van der Waals surface area contributed by atoms with Crippen molar-refractivity contribution in [2.75, 3.05) is 6.26 Å². The second-order valence-electron chi connectivity index (χ2n) is 6.15. The SMILES string of the molecule is CC(C)(C(N)c1cccc(C2CCC2)c1)S(C)(=O)=O. The van der Waals surface area contributed by atoms with Crippen LogP contribution in [0.25, 0.3) is 0 Å². The van der Waals surface area contributed by atoms with Crippen molar-refractivity contribution in [1.82, 2.24) is 0 Å². The first kappa shape index (κ1) is 14.5. The van der Waals surface area contributed by atoms with Crippen molar-refractivity contribution >= 4 is 9.84 Å². The third-order valence-electron chi connectivity index (χ3n) is 4.55. The van der Waals surface area contributed by atoms with Crippen LogP contribution >= 0.6 is 0 Å². The molecule has 1 fully saturated rings. The molecule has 0 aromatic heterocycles. The van der Waals surface area contributed by atoms with Gasteiger partial charge in [-0.2, -0.15) is 0 Å². The summed E-state index contributed by atoms with van der Waals surface area (Å²) in [6.07, 6.45) is 5.00. The van der Waals surface area contributed by atoms with E-state index in [1.165, 1.54) is 31.1 Å². The van der Waals surface area contributed by atoms with Crippen LogP contribution in [-0.2, 0) is 9.84 Å². The Balaban J connectivity index is 2.31. The highest BCUT2D eigenvalue weighted by molar-refractivity contribution is 7.92. The zero-order valence-electron chi connectivity index (χ0n) is 11.9. The Morgan fingerprint density at radius 2 is 1.95 bits per heavy atom. The van der Waals surface area contributed by atoms with Gasteiger partial charge in [-0.3, -0.25) is 0 Å². The minimum atomic E-state index is -3.20. The van der Waals surface area contributed by atoms with E-state index in [2.05, 4.69) is 12.1 Å². The number of hydrogen-bond acceptors (Lipinski definition) is 3. The smallest absolute Gasteiger partial charge is 0.154 e. The van der Waals surface area contributed by atoms with Gasteiger partial charge in [0.15, 0.2) is 9.84 Å². The molecule has 106 valence electrons. The summed E-state index contributed by atoms with van der Waals surface area (Å²) in [6, 6.07) is 7.62. The lowest BCUT2D eigenvalue weighted by Gasteiger charge is -2.31. The number of rotatable bonds is 4. The Morgan fingerprint density at radius 1 is 1.32 bits per heavy atom. The minimum Gasteiger partial charge on any atom is -0.323 e. The molecule has 19 heavy (non-hydrogen) atoms. The van der Waals surface area contributed by atoms with E-state index in [4.69, 9.17) is 5.73 Å². The van der Waals surface area contributed by atoms with E-state index in [9.17, 15) is 8.42 Å². The van der Waals surface area contributed by atoms with Crippen molar-refractivity contribution in [3.8, 4) is 0 Å². The van der Waals surface area contributed by atoms with Crippen LogP contribution in [0.1, 0.15) is 56.2 Å². The maximum absolute atomic E-state index is 11.9. The first-order valence-electron chi connectivity index (χ1n) is 6.78. The second-order valence-corrected chi connectivity index (χ2v) is 8.75. The first-order chi connectivity index (χ1) is 8.73. The van der Waals surface area contributed by atoms with Crippen LogP contribution in [0.2, 0.25) is 0 Å². The Kier molecular flexibility index (Phi) is 3.76. The highest BCUT2D eigenvalue weighted by Crippen LogP contribution is 2.38. The van der Waals surface area contributed by atoms with E-state index >= 15 is 0 Å². The molecule has 0 amide bonds. The summed E-state index contributed by atoms with van der Waals surface area (Å²) in [5, 5.41) is 0. The molecular formula is C15H23NO2S. The highest BCUT2D eigenvalue weighted by Gasteiger charge is 2.37. The molecule has 4 heteroatoms. The Bertz CT molecular complexity index is 559. The van der Waals surface area contributed by atoms with E-state index in [1.807, 2.05) is 12.1 Å². The highest BCUT2D eigenvalue weighted by atomic mass is 32.2. The largest absolute Gasteiger partial charge is 0.323 e. The second kappa shape index (κ2) is 4.91. The molecule has 1 aromatic rings. The lowest BCUT2D eigenvalue weighted by molar-refractivity contribution is 0.418. The number of sulfone groups is 1. The van der Waals surface area contributed by atoms with E-state index in [0.717, 1.165) is 5.56 Å². The number of benzene rings is 1. The summed E-state index contributed by atoms with van der Waals surface area (Å²) in [5.74, 6) is 0.633. The van der Waals surface area contributed by atoms with Crippen LogP contribution in [0.5, 0.6) is 0 Å². The van der Waals surface area contributed by atoms with E-state index in [0.29, 0.717) is 5.92 Å². The van der Waals surface area contributed by atoms with Gasteiger partial charge in [-0.1, -0.05) is 30.7 Å². The lowest BCUT2D eigenvalue weighted by atomic mass is 9.79. The van der Waals surface area contributed by atoms with Crippen LogP contribution in [0.3, 0.4) is 0 Å². The molecule has 2 rings (SSSR count). The van der Waals surface area contributed by atoms with Crippen LogP contribution in [0, 0.1) is 0 Å². The molecule has 2 N–H and O–H groups in total. The van der Waals surface area contributed by atoms with Crippen LogP contribution in [0.15, 0.2) is 24.3 Å². The summed E-state index contributed by atoms with van der Waals surface area (Å²) in [5.41, 5.74) is 8.42. The van der Waals surface area contributed by atoms with Gasteiger partial charge in [0.1, 0.15) is 0 Å². The van der Waals surface area contributed by atoms with Crippen molar-refractivity contribution in [2.24, 2.45) is 5.73 Å². The molecule has 0 spiro atoms.